The van der Waals surface area contributed by atoms with Crippen molar-refractivity contribution in [2.24, 2.45) is 5.92 Å². The average Bonchev–Trinajstić information content (AvgIpc) is 3.84. The molecule has 0 saturated carbocycles. The molecule has 0 bridgehead atoms. The highest BCUT2D eigenvalue weighted by atomic mass is 32.2. The van der Waals surface area contributed by atoms with E-state index in [-0.39, 0.29) is 53.8 Å². The van der Waals surface area contributed by atoms with Crippen molar-refractivity contribution in [3.05, 3.63) is 65.8 Å². The van der Waals surface area contributed by atoms with Gasteiger partial charge < -0.3 is 34.7 Å². The number of carbonyl (C=O) groups is 3. The second-order valence-electron chi connectivity index (χ2n) is 14.1. The third-order valence-electron chi connectivity index (χ3n) is 9.53. The van der Waals surface area contributed by atoms with Crippen LogP contribution >= 0.6 is 0 Å². The molecule has 3 aliphatic heterocycles. The van der Waals surface area contributed by atoms with Crippen LogP contribution in [0.1, 0.15) is 65.9 Å². The first-order valence-corrected chi connectivity index (χ1v) is 18.8. The van der Waals surface area contributed by atoms with Crippen LogP contribution in [0, 0.1) is 5.92 Å². The summed E-state index contributed by atoms with van der Waals surface area (Å²) in [5, 5.41) is 16.9. The van der Waals surface area contributed by atoms with E-state index in [1.165, 1.54) is 39.2 Å². The highest BCUT2D eigenvalue weighted by Gasteiger charge is 2.58. The number of rotatable bonds is 14. The molecule has 14 heteroatoms. The van der Waals surface area contributed by atoms with Gasteiger partial charge in [-0.2, -0.15) is 0 Å². The molecule has 0 aliphatic carbocycles. The monoisotopic (exact) mass is 731 g/mol. The second-order valence-corrected chi connectivity index (χ2v) is 16.2. The van der Waals surface area contributed by atoms with E-state index in [0.29, 0.717) is 19.4 Å². The summed E-state index contributed by atoms with van der Waals surface area (Å²) < 4.78 is 48.9. The van der Waals surface area contributed by atoms with E-state index in [4.69, 9.17) is 18.9 Å². The molecule has 3 fully saturated rings. The van der Waals surface area contributed by atoms with Gasteiger partial charge in [0.05, 0.1) is 42.3 Å². The molecule has 1 aromatic rings. The molecule has 4 rings (SSSR count). The van der Waals surface area contributed by atoms with Crippen molar-refractivity contribution in [3.8, 4) is 0 Å². The first-order valence-electron chi connectivity index (χ1n) is 17.4. The van der Waals surface area contributed by atoms with Crippen LogP contribution in [0.3, 0.4) is 0 Å². The topological polar surface area (TPSA) is 173 Å². The highest BCUT2D eigenvalue weighted by Crippen LogP contribution is 2.43. The number of epoxide rings is 1. The van der Waals surface area contributed by atoms with Crippen molar-refractivity contribution in [2.45, 2.75) is 120 Å². The highest BCUT2D eigenvalue weighted by molar-refractivity contribution is 7.89. The number of hydrogen-bond acceptors (Lipinski definition) is 10. The fraction of sp³-hybridized carbons (Fsp3) is 0.595. The number of hydrogen-bond donors (Lipinski definition) is 3. The van der Waals surface area contributed by atoms with Gasteiger partial charge in [0, 0.05) is 40.1 Å². The maximum absolute atomic E-state index is 12.9. The molecular formula is C37H53N3O10S. The van der Waals surface area contributed by atoms with E-state index >= 15 is 0 Å². The number of aliphatic hydroxyl groups is 1. The molecular weight excluding hydrogens is 678 g/mol. The van der Waals surface area contributed by atoms with Gasteiger partial charge in [0.2, 0.25) is 21.8 Å². The van der Waals surface area contributed by atoms with Gasteiger partial charge in [0.15, 0.2) is 0 Å². The van der Waals surface area contributed by atoms with Crippen molar-refractivity contribution >= 4 is 27.8 Å². The first-order chi connectivity index (χ1) is 24.0. The summed E-state index contributed by atoms with van der Waals surface area (Å²) in [4.78, 5) is 36.6. The van der Waals surface area contributed by atoms with Crippen LogP contribution in [-0.2, 0) is 49.9 Å². The number of nitrogens with one attached hydrogen (secondary N) is 2. The summed E-state index contributed by atoms with van der Waals surface area (Å²) in [5.74, 6) is -0.714. The fourth-order valence-electron chi connectivity index (χ4n) is 6.36. The van der Waals surface area contributed by atoms with E-state index in [1.807, 2.05) is 26.0 Å². The van der Waals surface area contributed by atoms with Crippen LogP contribution in [-0.4, -0.2) is 105 Å². The molecule has 51 heavy (non-hydrogen) atoms. The molecule has 3 aliphatic rings. The van der Waals surface area contributed by atoms with Gasteiger partial charge >= 0.3 is 5.97 Å². The van der Waals surface area contributed by atoms with Crippen LogP contribution in [0.4, 0.5) is 0 Å². The minimum Gasteiger partial charge on any atom is -0.459 e. The SMILES string of the molecule is CC(=O)OC(C)C=CC(=O)N[C@@H]1C[C@H](C)[C@H](C/C=C(C)/C=C/[C@H]2O[C@H](CC(=O)NCc3ccc(S(=O)(=O)N(C)C)cc3)C[C@@]3(CO3)[C@@H]2O)O[C@@H]1C. The lowest BCUT2D eigenvalue weighted by Crippen LogP contribution is -2.50. The van der Waals surface area contributed by atoms with E-state index < -0.39 is 46.0 Å². The van der Waals surface area contributed by atoms with Gasteiger partial charge in [-0.05, 0) is 63.3 Å². The molecule has 1 spiro atoms. The molecule has 282 valence electrons. The Balaban J connectivity index is 1.25. The Morgan fingerprint density at radius 1 is 1.12 bits per heavy atom. The Hall–Kier alpha value is -3.40. The van der Waals surface area contributed by atoms with Crippen molar-refractivity contribution in [2.75, 3.05) is 20.7 Å². The molecule has 0 aromatic heterocycles. The zero-order valence-electron chi connectivity index (χ0n) is 30.5. The molecule has 0 radical (unpaired) electrons. The third kappa shape index (κ3) is 11.3. The Labute approximate surface area is 301 Å². The lowest BCUT2D eigenvalue weighted by molar-refractivity contribution is -0.145. The molecule has 9 atom stereocenters. The fourth-order valence-corrected chi connectivity index (χ4v) is 7.26. The minimum absolute atomic E-state index is 0.0393. The first kappa shape index (κ1) is 40.4. The summed E-state index contributed by atoms with van der Waals surface area (Å²) in [6, 6.07) is 6.22. The summed E-state index contributed by atoms with van der Waals surface area (Å²) >= 11 is 0. The van der Waals surface area contributed by atoms with Crippen LogP contribution in [0.25, 0.3) is 0 Å². The van der Waals surface area contributed by atoms with Gasteiger partial charge in [0.1, 0.15) is 23.9 Å². The summed E-state index contributed by atoms with van der Waals surface area (Å²) in [7, 11) is -0.589. The Morgan fingerprint density at radius 3 is 2.43 bits per heavy atom. The largest absolute Gasteiger partial charge is 0.459 e. The van der Waals surface area contributed by atoms with Crippen molar-refractivity contribution in [3.63, 3.8) is 0 Å². The number of benzene rings is 1. The van der Waals surface area contributed by atoms with Crippen LogP contribution in [0.5, 0.6) is 0 Å². The number of nitrogens with zero attached hydrogens (tertiary/aromatic N) is 1. The second kappa shape index (κ2) is 17.4. The summed E-state index contributed by atoms with van der Waals surface area (Å²) in [6.07, 6.45) is 7.90. The number of aliphatic hydroxyl groups excluding tert-OH is 1. The zero-order valence-corrected chi connectivity index (χ0v) is 31.4. The molecule has 1 aromatic carbocycles. The number of ether oxygens (including phenoxy) is 4. The lowest BCUT2D eigenvalue weighted by atomic mass is 9.87. The van der Waals surface area contributed by atoms with Crippen LogP contribution in [0.15, 0.2) is 65.1 Å². The molecule has 3 N–H and O–H groups in total. The van der Waals surface area contributed by atoms with Gasteiger partial charge in [-0.1, -0.05) is 42.9 Å². The summed E-state index contributed by atoms with van der Waals surface area (Å²) in [6.45, 7) is 9.65. The number of amides is 2. The molecule has 2 amide bonds. The van der Waals surface area contributed by atoms with Crippen molar-refractivity contribution in [1.29, 1.82) is 0 Å². The van der Waals surface area contributed by atoms with Crippen molar-refractivity contribution < 1.29 is 46.9 Å². The predicted molar refractivity (Wildman–Crippen MR) is 190 cm³/mol. The van der Waals surface area contributed by atoms with E-state index in [9.17, 15) is 27.9 Å². The minimum atomic E-state index is -3.53. The average molecular weight is 732 g/mol. The number of esters is 1. The maximum atomic E-state index is 12.9. The number of sulfonamides is 1. The number of carbonyl (C=O) groups excluding carboxylic acids is 3. The number of allylic oxidation sites excluding steroid dienone is 2. The quantitative estimate of drug-likeness (QED) is 0.112. The molecule has 1 unspecified atom stereocenters. The van der Waals surface area contributed by atoms with Gasteiger partial charge in [-0.15, -0.1) is 0 Å². The molecule has 3 heterocycles. The lowest BCUT2D eigenvalue weighted by Gasteiger charge is -2.39. The van der Waals surface area contributed by atoms with Gasteiger partial charge in [-0.25, -0.2) is 12.7 Å². The Kier molecular flexibility index (Phi) is 13.8. The standard InChI is InChI=1S/C37H53N3O10S/c1-23(8-15-32-24(2)18-31(26(4)49-32)39-34(42)17-10-25(3)48-27(5)41)9-16-33-36(44)37(22-47-37)20-29(50-33)19-35(43)38-21-28-11-13-30(14-12-28)51(45,46)40(6)7/h8-14,16-17,24-26,29,31-33,36,44H,15,18-22H2,1-7H3,(H,38,43)(H,39,42)/b16-9+,17-10?,23-8+/t24-,25?,26+,29+,31+,32-,33+,36+,37+/m0/s1. The normalized spacial score (nSPS) is 30.5. The molecule has 13 nitrogen and oxygen atoms in total. The summed E-state index contributed by atoms with van der Waals surface area (Å²) in [5.41, 5.74) is 0.997. The zero-order chi connectivity index (χ0) is 37.5. The Morgan fingerprint density at radius 2 is 1.80 bits per heavy atom. The predicted octanol–water partition coefficient (Wildman–Crippen LogP) is 2.93. The van der Waals surface area contributed by atoms with E-state index in [0.717, 1.165) is 21.9 Å². The van der Waals surface area contributed by atoms with Gasteiger partial charge in [0.25, 0.3) is 0 Å². The smallest absolute Gasteiger partial charge is 0.303 e. The van der Waals surface area contributed by atoms with Crippen LogP contribution in [0.2, 0.25) is 0 Å². The van der Waals surface area contributed by atoms with Gasteiger partial charge in [-0.3, -0.25) is 14.4 Å². The van der Waals surface area contributed by atoms with Crippen LogP contribution < -0.4 is 10.6 Å². The maximum Gasteiger partial charge on any atom is 0.303 e. The Bertz CT molecular complexity index is 1590. The third-order valence-corrected chi connectivity index (χ3v) is 11.4. The van der Waals surface area contributed by atoms with Crippen molar-refractivity contribution in [1.82, 2.24) is 14.9 Å². The van der Waals surface area contributed by atoms with E-state index in [1.54, 1.807) is 25.1 Å². The molecule has 3 saturated heterocycles. The van der Waals surface area contributed by atoms with E-state index in [2.05, 4.69) is 23.6 Å².